The van der Waals surface area contributed by atoms with Gasteiger partial charge < -0.3 is 4.74 Å². The van der Waals surface area contributed by atoms with E-state index in [0.717, 1.165) is 7.11 Å². The molecule has 0 radical (unpaired) electrons. The van der Waals surface area contributed by atoms with Crippen molar-refractivity contribution < 1.29 is 22.5 Å². The molecule has 0 fully saturated rings. The summed E-state index contributed by atoms with van der Waals surface area (Å²) in [6, 6.07) is 0. The molecule has 1 unspecified atom stereocenters. The van der Waals surface area contributed by atoms with Crippen molar-refractivity contribution in [2.45, 2.75) is 32.4 Å². The van der Waals surface area contributed by atoms with Crippen LogP contribution < -0.4 is 0 Å². The Kier molecular flexibility index (Phi) is 4.08. The zero-order chi connectivity index (χ0) is 11.6. The molecule has 0 bridgehead atoms. The van der Waals surface area contributed by atoms with Crippen LogP contribution >= 0.6 is 0 Å². The van der Waals surface area contributed by atoms with E-state index in [4.69, 9.17) is 4.55 Å². The van der Waals surface area contributed by atoms with Crippen LogP contribution in [0.15, 0.2) is 0 Å². The number of ether oxygens (including phenoxy) is 1. The summed E-state index contributed by atoms with van der Waals surface area (Å²) in [5, 5.41) is -1.52. The second-order valence-electron chi connectivity index (χ2n) is 3.76. The molecule has 0 saturated heterocycles. The lowest BCUT2D eigenvalue weighted by molar-refractivity contribution is -0.142. The minimum atomic E-state index is -4.42. The second-order valence-corrected chi connectivity index (χ2v) is 5.26. The van der Waals surface area contributed by atoms with Crippen LogP contribution in [0.5, 0.6) is 0 Å². The quantitative estimate of drug-likeness (QED) is 0.565. The van der Waals surface area contributed by atoms with Gasteiger partial charge in [0.2, 0.25) is 0 Å². The van der Waals surface area contributed by atoms with Gasteiger partial charge in [-0.25, -0.2) is 0 Å². The van der Waals surface area contributed by atoms with Gasteiger partial charge in [-0.15, -0.1) is 0 Å². The van der Waals surface area contributed by atoms with Crippen molar-refractivity contribution >= 4 is 16.1 Å². The highest BCUT2D eigenvalue weighted by molar-refractivity contribution is 7.87. The Morgan fingerprint density at radius 2 is 1.93 bits per heavy atom. The van der Waals surface area contributed by atoms with Crippen molar-refractivity contribution in [3.63, 3.8) is 0 Å². The summed E-state index contributed by atoms with van der Waals surface area (Å²) in [7, 11) is -3.33. The van der Waals surface area contributed by atoms with Crippen LogP contribution in [0.2, 0.25) is 0 Å². The Morgan fingerprint density at radius 3 is 2.14 bits per heavy atom. The third-order valence-electron chi connectivity index (χ3n) is 2.33. The van der Waals surface area contributed by atoms with Gasteiger partial charge in [0.15, 0.2) is 5.25 Å². The summed E-state index contributed by atoms with van der Waals surface area (Å²) in [5.74, 6) is -0.931. The van der Waals surface area contributed by atoms with E-state index in [9.17, 15) is 13.2 Å². The Labute approximate surface area is 84.2 Å². The smallest absolute Gasteiger partial charge is 0.327 e. The number of hydrogen-bond donors (Lipinski definition) is 1. The Hall–Kier alpha value is -0.620. The van der Waals surface area contributed by atoms with E-state index in [1.807, 2.05) is 0 Å². The molecule has 0 aliphatic rings. The highest BCUT2D eigenvalue weighted by Gasteiger charge is 2.44. The van der Waals surface area contributed by atoms with Gasteiger partial charge in [0.1, 0.15) is 0 Å². The lowest BCUT2D eigenvalue weighted by atomic mass is 9.86. The average molecular weight is 224 g/mol. The van der Waals surface area contributed by atoms with Gasteiger partial charge in [-0.1, -0.05) is 20.8 Å². The molecule has 0 aromatic rings. The van der Waals surface area contributed by atoms with Crippen LogP contribution in [0, 0.1) is 5.41 Å². The number of carbonyl (C=O) groups is 1. The highest BCUT2D eigenvalue weighted by Crippen LogP contribution is 2.30. The number of methoxy groups -OCH3 is 1. The first kappa shape index (κ1) is 13.4. The van der Waals surface area contributed by atoms with E-state index < -0.39 is 26.8 Å². The summed E-state index contributed by atoms with van der Waals surface area (Å²) in [4.78, 5) is 11.2. The molecule has 0 spiro atoms. The fourth-order valence-electron chi connectivity index (χ4n) is 1.14. The van der Waals surface area contributed by atoms with Crippen molar-refractivity contribution in [1.29, 1.82) is 0 Å². The van der Waals surface area contributed by atoms with Crippen molar-refractivity contribution in [1.82, 2.24) is 0 Å². The number of esters is 1. The molecule has 0 saturated carbocycles. The van der Waals surface area contributed by atoms with E-state index >= 15 is 0 Å². The summed E-state index contributed by atoms with van der Waals surface area (Å²) in [6.45, 7) is 4.91. The normalized spacial score (nSPS) is 14.9. The first-order chi connectivity index (χ1) is 6.16. The van der Waals surface area contributed by atoms with Gasteiger partial charge in [-0.2, -0.15) is 8.42 Å². The second kappa shape index (κ2) is 4.27. The van der Waals surface area contributed by atoms with Crippen LogP contribution in [0.4, 0.5) is 0 Å². The maximum Gasteiger partial charge on any atom is 0.327 e. The molecule has 0 aliphatic heterocycles. The monoisotopic (exact) mass is 224 g/mol. The summed E-state index contributed by atoms with van der Waals surface area (Å²) >= 11 is 0. The number of carbonyl (C=O) groups excluding carboxylic acids is 1. The zero-order valence-corrected chi connectivity index (χ0v) is 9.59. The first-order valence-electron chi connectivity index (χ1n) is 4.21. The molecule has 0 amide bonds. The average Bonchev–Trinajstić information content (AvgIpc) is 2.01. The molecular formula is C8H16O5S. The van der Waals surface area contributed by atoms with Crippen molar-refractivity contribution in [2.75, 3.05) is 7.11 Å². The maximum absolute atomic E-state index is 11.2. The summed E-state index contributed by atoms with van der Waals surface area (Å²) < 4.78 is 35.3. The predicted octanol–water partition coefficient (Wildman–Crippen LogP) is 0.852. The minimum absolute atomic E-state index is 0.437. The fraction of sp³-hybridized carbons (Fsp3) is 0.875. The highest BCUT2D eigenvalue weighted by atomic mass is 32.2. The predicted molar refractivity (Wildman–Crippen MR) is 51.4 cm³/mol. The largest absolute Gasteiger partial charge is 0.468 e. The third kappa shape index (κ3) is 2.95. The van der Waals surface area contributed by atoms with Crippen LogP contribution in [0.1, 0.15) is 27.2 Å². The molecule has 0 aromatic carbocycles. The van der Waals surface area contributed by atoms with Crippen LogP contribution in [-0.2, 0) is 19.6 Å². The molecule has 6 heteroatoms. The lowest BCUT2D eigenvalue weighted by Crippen LogP contribution is -2.43. The topological polar surface area (TPSA) is 80.7 Å². The van der Waals surface area contributed by atoms with Crippen LogP contribution in [-0.4, -0.2) is 31.3 Å². The Bertz CT molecular complexity index is 304. The van der Waals surface area contributed by atoms with Gasteiger partial charge in [0.25, 0.3) is 10.1 Å². The van der Waals surface area contributed by atoms with E-state index in [1.54, 1.807) is 20.8 Å². The number of hydrogen-bond acceptors (Lipinski definition) is 4. The lowest BCUT2D eigenvalue weighted by Gasteiger charge is -2.28. The Balaban J connectivity index is 5.24. The van der Waals surface area contributed by atoms with E-state index in [2.05, 4.69) is 4.74 Å². The van der Waals surface area contributed by atoms with Crippen molar-refractivity contribution in [3.8, 4) is 0 Å². The minimum Gasteiger partial charge on any atom is -0.468 e. The molecule has 84 valence electrons. The molecule has 0 heterocycles. The van der Waals surface area contributed by atoms with Gasteiger partial charge in [-0.3, -0.25) is 9.35 Å². The van der Waals surface area contributed by atoms with Gasteiger partial charge in [-0.05, 0) is 11.8 Å². The molecule has 1 N–H and O–H groups in total. The Morgan fingerprint density at radius 1 is 1.50 bits per heavy atom. The van der Waals surface area contributed by atoms with Gasteiger partial charge in [0.05, 0.1) is 7.11 Å². The molecule has 0 aliphatic carbocycles. The first-order valence-corrected chi connectivity index (χ1v) is 5.71. The van der Waals surface area contributed by atoms with Gasteiger partial charge in [0, 0.05) is 0 Å². The molecule has 1 atom stereocenters. The van der Waals surface area contributed by atoms with Crippen molar-refractivity contribution in [3.05, 3.63) is 0 Å². The van der Waals surface area contributed by atoms with E-state index in [0.29, 0.717) is 6.42 Å². The van der Waals surface area contributed by atoms with E-state index in [-0.39, 0.29) is 0 Å². The van der Waals surface area contributed by atoms with Crippen LogP contribution in [0.25, 0.3) is 0 Å². The zero-order valence-electron chi connectivity index (χ0n) is 8.77. The summed E-state index contributed by atoms with van der Waals surface area (Å²) in [5.41, 5.74) is -0.847. The van der Waals surface area contributed by atoms with Gasteiger partial charge >= 0.3 is 5.97 Å². The molecule has 0 rings (SSSR count). The number of rotatable bonds is 4. The SMILES string of the molecule is CCC(C)(C)C(C(=O)OC)S(=O)(=O)O. The van der Waals surface area contributed by atoms with E-state index in [1.165, 1.54) is 0 Å². The molecular weight excluding hydrogens is 208 g/mol. The van der Waals surface area contributed by atoms with Crippen molar-refractivity contribution in [2.24, 2.45) is 5.41 Å². The summed E-state index contributed by atoms with van der Waals surface area (Å²) in [6.07, 6.45) is 0.437. The molecule has 0 aromatic heterocycles. The van der Waals surface area contributed by atoms with Crippen LogP contribution in [0.3, 0.4) is 0 Å². The maximum atomic E-state index is 11.2. The third-order valence-corrected chi connectivity index (χ3v) is 3.76. The fourth-order valence-corrected chi connectivity index (χ4v) is 2.45. The standard InChI is InChI=1S/C8H16O5S/c1-5-8(2,3)6(7(9)13-4)14(10,11)12/h6H,5H2,1-4H3,(H,10,11,12). The molecule has 5 nitrogen and oxygen atoms in total. The molecule has 14 heavy (non-hydrogen) atoms.